The fraction of sp³-hybridized carbons (Fsp3) is 0.500. The number of fused-ring (bicyclic) bond motifs is 1. The summed E-state index contributed by atoms with van der Waals surface area (Å²) in [6, 6.07) is 0. The molecule has 10 nitrogen and oxygen atoms in total. The summed E-state index contributed by atoms with van der Waals surface area (Å²) in [4.78, 5) is 14.9. The molecule has 1 unspecified atom stereocenters. The van der Waals surface area contributed by atoms with Crippen molar-refractivity contribution < 1.29 is 25.5 Å². The highest BCUT2D eigenvalue weighted by molar-refractivity contribution is 5.80. The second-order valence-electron chi connectivity index (χ2n) is 4.33. The van der Waals surface area contributed by atoms with E-state index in [4.69, 9.17) is 15.6 Å². The van der Waals surface area contributed by atoms with Crippen LogP contribution in [0.4, 0.5) is 5.82 Å². The molecule has 10 heteroatoms. The Morgan fingerprint density at radius 3 is 2.70 bits per heavy atom. The van der Waals surface area contributed by atoms with Crippen LogP contribution in [-0.4, -0.2) is 65.7 Å². The summed E-state index contributed by atoms with van der Waals surface area (Å²) >= 11 is 0. The summed E-state index contributed by atoms with van der Waals surface area (Å²) < 4.78 is 5.34. The lowest BCUT2D eigenvalue weighted by Crippen LogP contribution is -2.32. The molecule has 0 radical (unpaired) electrons. The van der Waals surface area contributed by atoms with Crippen LogP contribution in [0.1, 0.15) is 11.9 Å². The van der Waals surface area contributed by atoms with Gasteiger partial charge in [0, 0.05) is 0 Å². The second kappa shape index (κ2) is 5.26. The first kappa shape index (κ1) is 14.6. The molecule has 1 aliphatic rings. The Balaban J connectivity index is 0.00000147. The van der Waals surface area contributed by atoms with Crippen LogP contribution in [0, 0.1) is 0 Å². The lowest BCUT2D eigenvalue weighted by molar-refractivity contribution is -0.0251. The molecule has 0 amide bonds. The quantitative estimate of drug-likeness (QED) is 0.393. The summed E-state index contributed by atoms with van der Waals surface area (Å²) in [5.74, 6) is 0.288. The summed E-state index contributed by atoms with van der Waals surface area (Å²) in [6.07, 6.45) is -2.81. The molecule has 4 atom stereocenters. The highest BCUT2D eigenvalue weighted by Crippen LogP contribution is 2.32. The van der Waals surface area contributed by atoms with Gasteiger partial charge in [0.1, 0.15) is 29.9 Å². The van der Waals surface area contributed by atoms with Crippen LogP contribution in [0.2, 0.25) is 0 Å². The fourth-order valence-corrected chi connectivity index (χ4v) is 2.12. The van der Waals surface area contributed by atoms with Gasteiger partial charge >= 0.3 is 0 Å². The minimum atomic E-state index is -1.23. The number of nitrogen functional groups attached to an aromatic ring is 1. The van der Waals surface area contributed by atoms with Crippen LogP contribution >= 0.6 is 0 Å². The Labute approximate surface area is 112 Å². The maximum atomic E-state index is 9.89. The first-order chi connectivity index (χ1) is 9.11. The molecule has 0 saturated carbocycles. The predicted octanol–water partition coefficient (Wildman–Crippen LogP) is -2.74. The maximum absolute atomic E-state index is 9.89. The van der Waals surface area contributed by atoms with E-state index < -0.39 is 31.0 Å². The first-order valence-corrected chi connectivity index (χ1v) is 5.70. The maximum Gasteiger partial charge on any atom is 0.164 e. The average molecular weight is 285 g/mol. The molecule has 2 aromatic rings. The van der Waals surface area contributed by atoms with E-state index in [1.807, 2.05) is 0 Å². The second-order valence-corrected chi connectivity index (χ2v) is 4.33. The number of anilines is 1. The summed E-state index contributed by atoms with van der Waals surface area (Å²) in [5.41, 5.74) is 6.58. The number of ether oxygens (including phenoxy) is 1. The third-order valence-electron chi connectivity index (χ3n) is 3.12. The van der Waals surface area contributed by atoms with Gasteiger partial charge in [0.05, 0.1) is 12.9 Å². The highest BCUT2D eigenvalue weighted by atomic mass is 16.6. The standard InChI is InChI=1S/C10H13N5O4.H2O/c11-8-4-9(13-2-12-4)15-10(14-8)7-6(18)5(17)3(1-16)19-7;/h2-3,5-7,16-18H,1H2,(H3,11,12,13,14,15);1H2/t3-,5-,6+,7?;/m1./s1. The van der Waals surface area contributed by atoms with E-state index in [0.29, 0.717) is 11.2 Å². The van der Waals surface area contributed by atoms with E-state index >= 15 is 0 Å². The van der Waals surface area contributed by atoms with Crippen molar-refractivity contribution in [3.8, 4) is 0 Å². The number of aliphatic hydroxyl groups excluding tert-OH is 3. The van der Waals surface area contributed by atoms with Gasteiger partial charge in [0.2, 0.25) is 0 Å². The number of nitrogens with two attached hydrogens (primary N) is 1. The Kier molecular flexibility index (Phi) is 3.83. The van der Waals surface area contributed by atoms with Gasteiger partial charge in [-0.15, -0.1) is 0 Å². The molecule has 0 spiro atoms. The van der Waals surface area contributed by atoms with Gasteiger partial charge in [0.15, 0.2) is 17.3 Å². The van der Waals surface area contributed by atoms with Crippen LogP contribution < -0.4 is 5.73 Å². The van der Waals surface area contributed by atoms with E-state index in [1.165, 1.54) is 6.33 Å². The number of rotatable bonds is 2. The van der Waals surface area contributed by atoms with Crippen molar-refractivity contribution in [3.05, 3.63) is 12.2 Å². The van der Waals surface area contributed by atoms with Crippen LogP contribution in [0.25, 0.3) is 11.2 Å². The zero-order chi connectivity index (χ0) is 13.6. The lowest BCUT2D eigenvalue weighted by atomic mass is 10.1. The van der Waals surface area contributed by atoms with E-state index in [0.717, 1.165) is 0 Å². The number of aromatic nitrogens is 4. The molecule has 1 saturated heterocycles. The zero-order valence-corrected chi connectivity index (χ0v) is 10.3. The molecule has 0 aromatic carbocycles. The Hall–Kier alpha value is -1.85. The van der Waals surface area contributed by atoms with Crippen LogP contribution in [0.5, 0.6) is 0 Å². The molecule has 2 aromatic heterocycles. The topological polar surface area (TPSA) is 182 Å². The molecule has 0 aliphatic carbocycles. The number of H-pyrrole nitrogens is 1. The van der Waals surface area contributed by atoms with Crippen LogP contribution in [0.3, 0.4) is 0 Å². The summed E-state index contributed by atoms with van der Waals surface area (Å²) in [7, 11) is 0. The Bertz CT molecular complexity index is 605. The molecule has 3 heterocycles. The van der Waals surface area contributed by atoms with Gasteiger partial charge in [-0.3, -0.25) is 0 Å². The van der Waals surface area contributed by atoms with Gasteiger partial charge in [-0.1, -0.05) is 0 Å². The lowest BCUT2D eigenvalue weighted by Gasteiger charge is -2.13. The van der Waals surface area contributed by atoms with E-state index in [-0.39, 0.29) is 17.1 Å². The molecule has 20 heavy (non-hydrogen) atoms. The number of nitrogens with zero attached hydrogens (tertiary/aromatic N) is 3. The van der Waals surface area contributed by atoms with E-state index in [1.54, 1.807) is 0 Å². The van der Waals surface area contributed by atoms with Crippen molar-refractivity contribution in [1.29, 1.82) is 0 Å². The van der Waals surface area contributed by atoms with Crippen molar-refractivity contribution in [1.82, 2.24) is 19.9 Å². The van der Waals surface area contributed by atoms with Crippen LogP contribution in [0.15, 0.2) is 6.33 Å². The number of aliphatic hydroxyl groups is 3. The van der Waals surface area contributed by atoms with Crippen molar-refractivity contribution in [3.63, 3.8) is 0 Å². The predicted molar refractivity (Wildman–Crippen MR) is 66.4 cm³/mol. The molecule has 8 N–H and O–H groups in total. The molecule has 3 rings (SSSR count). The third-order valence-corrected chi connectivity index (χ3v) is 3.12. The Morgan fingerprint density at radius 2 is 2.05 bits per heavy atom. The third kappa shape index (κ3) is 2.09. The zero-order valence-electron chi connectivity index (χ0n) is 10.3. The van der Waals surface area contributed by atoms with Crippen molar-refractivity contribution >= 4 is 17.0 Å². The summed E-state index contributed by atoms with van der Waals surface area (Å²) in [5, 5.41) is 28.6. The molecule has 110 valence electrons. The van der Waals surface area contributed by atoms with Crippen molar-refractivity contribution in [2.24, 2.45) is 0 Å². The van der Waals surface area contributed by atoms with Gasteiger partial charge in [-0.05, 0) is 0 Å². The first-order valence-electron chi connectivity index (χ1n) is 5.70. The SMILES string of the molecule is Nc1nc(C2O[C@H](CO)[C@@H](O)[C@@H]2O)nc2[nH]cnc12.O. The minimum absolute atomic E-state index is 0. The van der Waals surface area contributed by atoms with Gasteiger partial charge in [-0.25, -0.2) is 15.0 Å². The molecule has 1 aliphatic heterocycles. The largest absolute Gasteiger partial charge is 0.412 e. The Morgan fingerprint density at radius 1 is 1.30 bits per heavy atom. The number of aromatic amines is 1. The van der Waals surface area contributed by atoms with Gasteiger partial charge in [0.25, 0.3) is 0 Å². The minimum Gasteiger partial charge on any atom is -0.412 e. The number of hydrogen-bond donors (Lipinski definition) is 5. The molecule has 1 fully saturated rings. The smallest absolute Gasteiger partial charge is 0.164 e. The van der Waals surface area contributed by atoms with Gasteiger partial charge < -0.3 is 36.3 Å². The number of hydrogen-bond acceptors (Lipinski definition) is 8. The van der Waals surface area contributed by atoms with Gasteiger partial charge in [-0.2, -0.15) is 0 Å². The molecular weight excluding hydrogens is 270 g/mol. The monoisotopic (exact) mass is 285 g/mol. The molecular formula is C10H15N5O5. The number of nitrogens with one attached hydrogen (secondary N) is 1. The van der Waals surface area contributed by atoms with Crippen molar-refractivity contribution in [2.45, 2.75) is 24.4 Å². The fourth-order valence-electron chi connectivity index (χ4n) is 2.12. The van der Waals surface area contributed by atoms with Crippen molar-refractivity contribution in [2.75, 3.05) is 12.3 Å². The number of imidazole rings is 1. The summed E-state index contributed by atoms with van der Waals surface area (Å²) in [6.45, 7) is -0.406. The van der Waals surface area contributed by atoms with Crippen LogP contribution in [-0.2, 0) is 4.74 Å². The van der Waals surface area contributed by atoms with E-state index in [9.17, 15) is 10.2 Å². The van der Waals surface area contributed by atoms with E-state index in [2.05, 4.69) is 19.9 Å². The molecule has 0 bridgehead atoms. The normalized spacial score (nSPS) is 29.6. The average Bonchev–Trinajstić information content (AvgIpc) is 2.96. The highest BCUT2D eigenvalue weighted by Gasteiger charge is 2.44.